The summed E-state index contributed by atoms with van der Waals surface area (Å²) in [6.07, 6.45) is 0.770. The lowest BCUT2D eigenvalue weighted by molar-refractivity contribution is -0.818. The molecule has 39 heavy (non-hydrogen) atoms. The van der Waals surface area contributed by atoms with Crippen LogP contribution in [0.3, 0.4) is 0 Å². The predicted molar refractivity (Wildman–Crippen MR) is 149 cm³/mol. The van der Waals surface area contributed by atoms with E-state index in [1.165, 1.54) is 0 Å². The quantitative estimate of drug-likeness (QED) is 0.442. The first-order valence-corrected chi connectivity index (χ1v) is 13.6. The van der Waals surface area contributed by atoms with Crippen molar-refractivity contribution >= 4 is 52.4 Å². The third-order valence-electron chi connectivity index (χ3n) is 7.92. The molecule has 3 atom stereocenters. The second-order valence-electron chi connectivity index (χ2n) is 10.1. The highest BCUT2D eigenvalue weighted by atomic mass is 35.5. The zero-order valence-corrected chi connectivity index (χ0v) is 23.1. The number of nitrogens with zero attached hydrogens (tertiary/aromatic N) is 3. The van der Waals surface area contributed by atoms with Crippen LogP contribution in [0.15, 0.2) is 59.8 Å². The molecule has 3 aliphatic rings. The molecule has 9 nitrogen and oxygen atoms in total. The second kappa shape index (κ2) is 10.4. The van der Waals surface area contributed by atoms with E-state index in [2.05, 4.69) is 17.2 Å². The van der Waals surface area contributed by atoms with E-state index in [9.17, 15) is 14.4 Å². The van der Waals surface area contributed by atoms with Crippen LogP contribution >= 0.6 is 23.2 Å². The Morgan fingerprint density at radius 2 is 2.03 bits per heavy atom. The van der Waals surface area contributed by atoms with Gasteiger partial charge < -0.3 is 20.6 Å². The number of fused-ring (bicyclic) bond motifs is 3. The fraction of sp³-hybridized carbons (Fsp3) is 0.357. The number of quaternary nitrogens is 1. The first kappa shape index (κ1) is 27.3. The molecule has 0 saturated carbocycles. The molecule has 5 rings (SSSR count). The van der Waals surface area contributed by atoms with Gasteiger partial charge in [-0.3, -0.25) is 9.59 Å². The Balaban J connectivity index is 1.64. The minimum atomic E-state index is -1.02. The van der Waals surface area contributed by atoms with E-state index in [0.29, 0.717) is 40.1 Å². The van der Waals surface area contributed by atoms with Crippen LogP contribution in [-0.4, -0.2) is 70.9 Å². The molecule has 3 amide bonds. The summed E-state index contributed by atoms with van der Waals surface area (Å²) < 4.78 is -0.548. The molecule has 1 fully saturated rings. The Morgan fingerprint density at radius 3 is 2.74 bits per heavy atom. The van der Waals surface area contributed by atoms with Crippen molar-refractivity contribution in [2.45, 2.75) is 31.1 Å². The van der Waals surface area contributed by atoms with Crippen molar-refractivity contribution in [3.63, 3.8) is 0 Å². The van der Waals surface area contributed by atoms with Gasteiger partial charge in [0.1, 0.15) is 17.7 Å². The summed E-state index contributed by atoms with van der Waals surface area (Å²) in [5.74, 6) is -0.643. The van der Waals surface area contributed by atoms with Crippen LogP contribution in [0.5, 0.6) is 0 Å². The Bertz CT molecular complexity index is 1410. The van der Waals surface area contributed by atoms with Gasteiger partial charge in [-0.15, -0.1) is 0 Å². The number of aliphatic hydroxyl groups is 1. The van der Waals surface area contributed by atoms with Gasteiger partial charge in [0.2, 0.25) is 5.91 Å². The Hall–Kier alpha value is -3.24. The number of nitrogens with one attached hydrogen (secondary N) is 2. The highest BCUT2D eigenvalue weighted by Gasteiger charge is 2.60. The van der Waals surface area contributed by atoms with Crippen LogP contribution in [0.1, 0.15) is 36.8 Å². The molecule has 1 spiro atoms. The number of benzene rings is 2. The summed E-state index contributed by atoms with van der Waals surface area (Å²) in [6, 6.07) is 12.8. The van der Waals surface area contributed by atoms with Crippen molar-refractivity contribution in [3.05, 3.63) is 75.9 Å². The number of amides is 3. The Labute approximate surface area is 236 Å². The number of carbonyl (C=O) groups excluding carboxylic acids is 3. The van der Waals surface area contributed by atoms with Crippen LogP contribution < -0.4 is 10.6 Å². The predicted octanol–water partition coefficient (Wildman–Crippen LogP) is 3.38. The number of hydrogen-bond donors (Lipinski definition) is 3. The van der Waals surface area contributed by atoms with Crippen molar-refractivity contribution in [2.24, 2.45) is 5.10 Å². The molecule has 0 aliphatic carbocycles. The zero-order valence-electron chi connectivity index (χ0n) is 21.5. The van der Waals surface area contributed by atoms with Crippen molar-refractivity contribution in [1.82, 2.24) is 10.2 Å². The van der Waals surface area contributed by atoms with E-state index < -0.39 is 15.9 Å². The van der Waals surface area contributed by atoms with Gasteiger partial charge in [0.25, 0.3) is 5.91 Å². The van der Waals surface area contributed by atoms with Crippen LogP contribution in [0, 0.1) is 0 Å². The maximum atomic E-state index is 13.8. The molecular weight excluding hydrogens is 541 g/mol. The van der Waals surface area contributed by atoms with Gasteiger partial charge in [-0.1, -0.05) is 58.0 Å². The third-order valence-corrected chi connectivity index (χ3v) is 8.39. The van der Waals surface area contributed by atoms with Gasteiger partial charge in [0.05, 0.1) is 6.61 Å². The van der Waals surface area contributed by atoms with Gasteiger partial charge in [-0.2, -0.15) is 0 Å². The van der Waals surface area contributed by atoms with Gasteiger partial charge >= 0.3 is 5.91 Å². The molecule has 2 aromatic rings. The zero-order chi connectivity index (χ0) is 27.9. The SMILES string of the molecule is C=C(CC)[N+]1(CC(=O)NCCO)N=C2CC(c3cccc(Cl)c3)C3(CN2CC1=O)C(=O)Nc1cc(Cl)ccc13. The maximum absolute atomic E-state index is 13.8. The molecule has 3 unspecified atom stereocenters. The number of aliphatic hydroxyl groups excluding tert-OH is 1. The molecule has 0 aromatic heterocycles. The summed E-state index contributed by atoms with van der Waals surface area (Å²) in [5.41, 5.74) is 1.80. The van der Waals surface area contributed by atoms with Crippen molar-refractivity contribution in [3.8, 4) is 0 Å². The smallest absolute Gasteiger partial charge is 0.364 e. The number of allylic oxidation sites excluding steroid dienone is 1. The van der Waals surface area contributed by atoms with Crippen molar-refractivity contribution < 1.29 is 24.1 Å². The molecule has 204 valence electrons. The monoisotopic (exact) mass is 570 g/mol. The normalized spacial score (nSPS) is 25.6. The van der Waals surface area contributed by atoms with E-state index in [-0.39, 0.29) is 50.5 Å². The summed E-state index contributed by atoms with van der Waals surface area (Å²) in [7, 11) is 0. The van der Waals surface area contributed by atoms with Crippen molar-refractivity contribution in [1.29, 1.82) is 0 Å². The number of halogens is 2. The average molecular weight is 571 g/mol. The molecule has 3 aliphatic heterocycles. The highest BCUT2D eigenvalue weighted by Crippen LogP contribution is 2.53. The van der Waals surface area contributed by atoms with Gasteiger partial charge in [0.15, 0.2) is 12.4 Å². The minimum Gasteiger partial charge on any atom is -0.395 e. The van der Waals surface area contributed by atoms with E-state index in [4.69, 9.17) is 33.4 Å². The van der Waals surface area contributed by atoms with E-state index >= 15 is 0 Å². The Kier molecular flexibility index (Phi) is 7.28. The van der Waals surface area contributed by atoms with Crippen LogP contribution in [0.4, 0.5) is 5.69 Å². The van der Waals surface area contributed by atoms with Gasteiger partial charge in [-0.05, 0) is 42.0 Å². The Morgan fingerprint density at radius 1 is 1.26 bits per heavy atom. The molecule has 0 radical (unpaired) electrons. The largest absolute Gasteiger partial charge is 0.395 e. The lowest BCUT2D eigenvalue weighted by atomic mass is 9.64. The molecule has 1 saturated heterocycles. The fourth-order valence-electron chi connectivity index (χ4n) is 5.97. The van der Waals surface area contributed by atoms with Crippen LogP contribution in [0.2, 0.25) is 10.0 Å². The van der Waals surface area contributed by atoms with Crippen LogP contribution in [0.25, 0.3) is 0 Å². The van der Waals surface area contributed by atoms with E-state index in [1.54, 1.807) is 18.2 Å². The standard InChI is InChI=1S/C28H29Cl2N5O4/c1-3-17(2)35(15-25(37)31-9-10-36)26(38)14-34-16-28(21-8-7-20(30)12-23(21)32-27(28)39)22(13-24(34)33-35)18-5-4-6-19(29)11-18/h4-8,11-12,22,36H,2-3,9-10,13-16H2,1H3,(H-,31,32,37,39)/p+1. The molecular formula is C28H30Cl2N5O4+. The van der Waals surface area contributed by atoms with Gasteiger partial charge in [-0.25, -0.2) is 4.79 Å². The second-order valence-corrected chi connectivity index (χ2v) is 11.0. The summed E-state index contributed by atoms with van der Waals surface area (Å²) in [4.78, 5) is 42.2. The number of rotatable bonds is 7. The van der Waals surface area contributed by atoms with Crippen LogP contribution in [-0.2, 0) is 19.8 Å². The third kappa shape index (κ3) is 4.53. The fourth-order valence-corrected chi connectivity index (χ4v) is 6.34. The number of hydrogen-bond acceptors (Lipinski definition) is 6. The lowest BCUT2D eigenvalue weighted by Crippen LogP contribution is -2.65. The van der Waals surface area contributed by atoms with Crippen molar-refractivity contribution in [2.75, 3.05) is 38.1 Å². The molecule has 0 bridgehead atoms. The number of anilines is 1. The molecule has 3 N–H and O–H groups in total. The number of piperidine rings is 1. The molecule has 11 heteroatoms. The summed E-state index contributed by atoms with van der Waals surface area (Å²) in [6.45, 7) is 5.75. The molecule has 3 heterocycles. The maximum Gasteiger partial charge on any atom is 0.364 e. The topological polar surface area (TPSA) is 111 Å². The average Bonchev–Trinajstić information content (AvgIpc) is 3.17. The van der Waals surface area contributed by atoms with E-state index in [1.807, 2.05) is 36.1 Å². The molecule has 2 aromatic carbocycles. The minimum absolute atomic E-state index is 0.0364. The van der Waals surface area contributed by atoms with E-state index in [0.717, 1.165) is 11.1 Å². The first-order valence-electron chi connectivity index (χ1n) is 12.8. The number of carbonyl (C=O) groups is 3. The summed E-state index contributed by atoms with van der Waals surface area (Å²) in [5, 5.41) is 20.7. The lowest BCUT2D eigenvalue weighted by Gasteiger charge is -2.48. The highest BCUT2D eigenvalue weighted by molar-refractivity contribution is 6.31. The van der Waals surface area contributed by atoms with Gasteiger partial charge in [0, 0.05) is 47.6 Å². The number of amidine groups is 1. The summed E-state index contributed by atoms with van der Waals surface area (Å²) >= 11 is 12.6. The first-order chi connectivity index (χ1) is 18.6.